The Morgan fingerprint density at radius 2 is 2.23 bits per heavy atom. The first-order valence-electron chi connectivity index (χ1n) is 4.39. The highest BCUT2D eigenvalue weighted by Gasteiger charge is 2.05. The van der Waals surface area contributed by atoms with Gasteiger partial charge in [-0.05, 0) is 32.0 Å². The van der Waals surface area contributed by atoms with Crippen molar-refractivity contribution >= 4 is 11.6 Å². The number of ether oxygens (including phenoxy) is 1. The summed E-state index contributed by atoms with van der Waals surface area (Å²) in [7, 11) is 0. The maximum Gasteiger partial charge on any atom is 0.123 e. The van der Waals surface area contributed by atoms with Gasteiger partial charge in [-0.25, -0.2) is 0 Å². The Morgan fingerprint density at radius 1 is 1.46 bits per heavy atom. The predicted molar refractivity (Wildman–Crippen MR) is 55.4 cm³/mol. The van der Waals surface area contributed by atoms with Gasteiger partial charge in [0.15, 0.2) is 0 Å². The second kappa shape index (κ2) is 5.10. The van der Waals surface area contributed by atoms with Crippen molar-refractivity contribution < 1.29 is 4.74 Å². The number of nitrogens with two attached hydrogens (primary N) is 1. The molecule has 3 heteroatoms. The fourth-order valence-electron chi connectivity index (χ4n) is 1.22. The van der Waals surface area contributed by atoms with E-state index in [4.69, 9.17) is 22.1 Å². The standard InChI is InChI=1S/C10H14ClNO/c1-2-13-10-5-3-4-9(11)8(10)6-7-12/h3-5H,2,6-7,12H2,1H3. The molecule has 2 N–H and O–H groups in total. The maximum absolute atomic E-state index is 6.01. The molecule has 2 nitrogen and oxygen atoms in total. The molecule has 0 fully saturated rings. The third-order valence-electron chi connectivity index (χ3n) is 1.77. The topological polar surface area (TPSA) is 35.2 Å². The Balaban J connectivity index is 2.95. The maximum atomic E-state index is 6.01. The highest BCUT2D eigenvalue weighted by atomic mass is 35.5. The highest BCUT2D eigenvalue weighted by Crippen LogP contribution is 2.26. The number of hydrogen-bond acceptors (Lipinski definition) is 2. The summed E-state index contributed by atoms with van der Waals surface area (Å²) in [4.78, 5) is 0. The summed E-state index contributed by atoms with van der Waals surface area (Å²) in [5.41, 5.74) is 6.49. The minimum absolute atomic E-state index is 0.587. The fourth-order valence-corrected chi connectivity index (χ4v) is 1.48. The van der Waals surface area contributed by atoms with Gasteiger partial charge in [-0.15, -0.1) is 0 Å². The zero-order valence-electron chi connectivity index (χ0n) is 7.72. The largest absolute Gasteiger partial charge is 0.494 e. The van der Waals surface area contributed by atoms with Gasteiger partial charge in [0.1, 0.15) is 5.75 Å². The number of halogens is 1. The van der Waals surface area contributed by atoms with E-state index in [-0.39, 0.29) is 0 Å². The number of hydrogen-bond donors (Lipinski definition) is 1. The van der Waals surface area contributed by atoms with Gasteiger partial charge in [0.25, 0.3) is 0 Å². The van der Waals surface area contributed by atoms with E-state index < -0.39 is 0 Å². The fraction of sp³-hybridized carbons (Fsp3) is 0.400. The molecule has 0 bridgehead atoms. The van der Waals surface area contributed by atoms with Gasteiger partial charge in [0.05, 0.1) is 6.61 Å². The van der Waals surface area contributed by atoms with E-state index in [1.165, 1.54) is 0 Å². The van der Waals surface area contributed by atoms with E-state index >= 15 is 0 Å². The molecule has 1 aromatic carbocycles. The van der Waals surface area contributed by atoms with Crippen LogP contribution in [0.5, 0.6) is 5.75 Å². The Bertz CT molecular complexity index is 276. The number of rotatable bonds is 4. The molecular weight excluding hydrogens is 186 g/mol. The van der Waals surface area contributed by atoms with Crippen molar-refractivity contribution in [2.24, 2.45) is 5.73 Å². The zero-order valence-corrected chi connectivity index (χ0v) is 8.47. The average molecular weight is 200 g/mol. The molecule has 0 spiro atoms. The lowest BCUT2D eigenvalue weighted by atomic mass is 10.1. The third-order valence-corrected chi connectivity index (χ3v) is 2.12. The highest BCUT2D eigenvalue weighted by molar-refractivity contribution is 6.31. The molecule has 0 aromatic heterocycles. The summed E-state index contributed by atoms with van der Waals surface area (Å²) < 4.78 is 5.43. The monoisotopic (exact) mass is 199 g/mol. The van der Waals surface area contributed by atoms with Gasteiger partial charge in [0, 0.05) is 10.6 Å². The van der Waals surface area contributed by atoms with Crippen LogP contribution in [0.25, 0.3) is 0 Å². The molecule has 0 aliphatic carbocycles. The normalized spacial score (nSPS) is 10.1. The van der Waals surface area contributed by atoms with E-state index in [1.54, 1.807) is 0 Å². The van der Waals surface area contributed by atoms with Gasteiger partial charge in [-0.3, -0.25) is 0 Å². The molecule has 0 saturated heterocycles. The van der Waals surface area contributed by atoms with Gasteiger partial charge < -0.3 is 10.5 Å². The summed E-state index contributed by atoms with van der Waals surface area (Å²) >= 11 is 6.01. The van der Waals surface area contributed by atoms with Crippen molar-refractivity contribution in [1.29, 1.82) is 0 Å². The van der Waals surface area contributed by atoms with Crippen LogP contribution in [0.4, 0.5) is 0 Å². The second-order valence-electron chi connectivity index (χ2n) is 2.69. The van der Waals surface area contributed by atoms with E-state index in [2.05, 4.69) is 0 Å². The molecule has 0 heterocycles. The molecule has 0 radical (unpaired) electrons. The third kappa shape index (κ3) is 2.61. The zero-order chi connectivity index (χ0) is 9.68. The van der Waals surface area contributed by atoms with Gasteiger partial charge in [-0.1, -0.05) is 17.7 Å². The molecule has 1 aromatic rings. The van der Waals surface area contributed by atoms with Crippen molar-refractivity contribution in [3.8, 4) is 5.75 Å². The average Bonchev–Trinajstić information content (AvgIpc) is 2.11. The first-order chi connectivity index (χ1) is 6.29. The van der Waals surface area contributed by atoms with E-state index in [9.17, 15) is 0 Å². The van der Waals surface area contributed by atoms with Gasteiger partial charge in [-0.2, -0.15) is 0 Å². The summed E-state index contributed by atoms with van der Waals surface area (Å²) in [5.74, 6) is 0.848. The summed E-state index contributed by atoms with van der Waals surface area (Å²) in [6.07, 6.45) is 0.759. The first kappa shape index (κ1) is 10.4. The number of benzene rings is 1. The first-order valence-corrected chi connectivity index (χ1v) is 4.77. The Hall–Kier alpha value is -0.730. The molecule has 0 aliphatic rings. The smallest absolute Gasteiger partial charge is 0.123 e. The molecule has 13 heavy (non-hydrogen) atoms. The summed E-state index contributed by atoms with van der Waals surface area (Å²) in [6, 6.07) is 5.66. The Labute approximate surface area is 83.6 Å². The lowest BCUT2D eigenvalue weighted by Gasteiger charge is -2.10. The molecule has 1 rings (SSSR count). The van der Waals surface area contributed by atoms with Crippen LogP contribution < -0.4 is 10.5 Å². The van der Waals surface area contributed by atoms with Crippen molar-refractivity contribution in [3.05, 3.63) is 28.8 Å². The van der Waals surface area contributed by atoms with Crippen LogP contribution in [-0.4, -0.2) is 13.2 Å². The molecule has 0 amide bonds. The van der Waals surface area contributed by atoms with Crippen LogP contribution in [0.15, 0.2) is 18.2 Å². The van der Waals surface area contributed by atoms with Crippen LogP contribution in [-0.2, 0) is 6.42 Å². The minimum atomic E-state index is 0.587. The summed E-state index contributed by atoms with van der Waals surface area (Å²) in [5, 5.41) is 0.733. The van der Waals surface area contributed by atoms with Crippen LogP contribution in [0, 0.1) is 0 Å². The van der Waals surface area contributed by atoms with Crippen LogP contribution in [0.2, 0.25) is 5.02 Å². The predicted octanol–water partition coefficient (Wildman–Crippen LogP) is 2.24. The van der Waals surface area contributed by atoms with Crippen molar-refractivity contribution in [2.75, 3.05) is 13.2 Å². The van der Waals surface area contributed by atoms with Crippen molar-refractivity contribution in [2.45, 2.75) is 13.3 Å². The molecular formula is C10H14ClNO. The Kier molecular flexibility index (Phi) is 4.06. The quantitative estimate of drug-likeness (QED) is 0.808. The lowest BCUT2D eigenvalue weighted by molar-refractivity contribution is 0.336. The van der Waals surface area contributed by atoms with Gasteiger partial charge >= 0.3 is 0 Å². The van der Waals surface area contributed by atoms with Gasteiger partial charge in [0.2, 0.25) is 0 Å². The SMILES string of the molecule is CCOc1cccc(Cl)c1CCN. The summed E-state index contributed by atoms with van der Waals surface area (Å²) in [6.45, 7) is 3.19. The van der Waals surface area contributed by atoms with Crippen LogP contribution in [0.1, 0.15) is 12.5 Å². The second-order valence-corrected chi connectivity index (χ2v) is 3.10. The van der Waals surface area contributed by atoms with E-state index in [1.807, 2.05) is 25.1 Å². The van der Waals surface area contributed by atoms with E-state index in [0.717, 1.165) is 22.8 Å². The lowest BCUT2D eigenvalue weighted by Crippen LogP contribution is -2.05. The molecule has 0 unspecified atom stereocenters. The molecule has 72 valence electrons. The van der Waals surface area contributed by atoms with Crippen LogP contribution in [0.3, 0.4) is 0 Å². The minimum Gasteiger partial charge on any atom is -0.494 e. The van der Waals surface area contributed by atoms with Crippen molar-refractivity contribution in [1.82, 2.24) is 0 Å². The Morgan fingerprint density at radius 3 is 2.85 bits per heavy atom. The van der Waals surface area contributed by atoms with Crippen LogP contribution >= 0.6 is 11.6 Å². The van der Waals surface area contributed by atoms with Crippen molar-refractivity contribution in [3.63, 3.8) is 0 Å². The van der Waals surface area contributed by atoms with E-state index in [0.29, 0.717) is 13.2 Å². The molecule has 0 atom stereocenters. The molecule has 0 saturated carbocycles. The molecule has 0 aliphatic heterocycles.